The lowest BCUT2D eigenvalue weighted by molar-refractivity contribution is 0.563. The Hall–Kier alpha value is -4.88. The number of nitrogens with one attached hydrogen (secondary N) is 1. The maximum Gasteiger partial charge on any atom is 0.0719 e. The second kappa shape index (κ2) is 8.81. The van der Waals surface area contributed by atoms with Crippen molar-refractivity contribution in [3.05, 3.63) is 179 Å². The van der Waals surface area contributed by atoms with E-state index in [0.29, 0.717) is 0 Å². The van der Waals surface area contributed by atoms with E-state index in [1.807, 2.05) is 6.07 Å². The smallest absolute Gasteiger partial charge is 0.0719 e. The zero-order valence-electron chi connectivity index (χ0n) is 23.4. The van der Waals surface area contributed by atoms with Gasteiger partial charge in [0.1, 0.15) is 0 Å². The SMILES string of the molecule is CC1(C)c2ccccc2C2(c3ccccc3-c3ccccc32)c2ccc(-c3cccc(Nc4ccccc4)c3)cc21. The standard InChI is InChI=1S/C40H31N/c1-39(2)35-21-10-11-22-36(35)40(33-19-8-6-17-31(33)32-18-7-9-20-34(32)40)37-24-23-28(26-38(37)39)27-13-12-16-30(25-27)41-29-14-4-3-5-15-29/h3-26,41H,1-2H3. The summed E-state index contributed by atoms with van der Waals surface area (Å²) in [5.74, 6) is 0. The van der Waals surface area contributed by atoms with Crippen LogP contribution in [0, 0.1) is 0 Å². The van der Waals surface area contributed by atoms with E-state index in [-0.39, 0.29) is 10.8 Å². The molecule has 2 aliphatic rings. The largest absolute Gasteiger partial charge is 0.356 e. The molecule has 0 unspecified atom stereocenters. The molecule has 41 heavy (non-hydrogen) atoms. The van der Waals surface area contributed by atoms with Crippen molar-refractivity contribution >= 4 is 11.4 Å². The van der Waals surface area contributed by atoms with Crippen molar-refractivity contribution in [1.29, 1.82) is 0 Å². The second-order valence-corrected chi connectivity index (χ2v) is 11.8. The minimum absolute atomic E-state index is 0.153. The van der Waals surface area contributed by atoms with Crippen LogP contribution in [0.5, 0.6) is 0 Å². The molecule has 0 amide bonds. The van der Waals surface area contributed by atoms with Gasteiger partial charge in [-0.3, -0.25) is 0 Å². The highest BCUT2D eigenvalue weighted by atomic mass is 14.9. The average Bonchev–Trinajstić information content (AvgIpc) is 3.32. The quantitative estimate of drug-likeness (QED) is 0.242. The summed E-state index contributed by atoms with van der Waals surface area (Å²) >= 11 is 0. The maximum absolute atomic E-state index is 3.57. The van der Waals surface area contributed by atoms with Crippen LogP contribution in [0.1, 0.15) is 47.2 Å². The van der Waals surface area contributed by atoms with Crippen molar-refractivity contribution in [2.45, 2.75) is 24.7 Å². The van der Waals surface area contributed by atoms with E-state index < -0.39 is 0 Å². The highest BCUT2D eigenvalue weighted by molar-refractivity contribution is 5.89. The first-order valence-corrected chi connectivity index (χ1v) is 14.5. The molecule has 8 rings (SSSR count). The van der Waals surface area contributed by atoms with Gasteiger partial charge >= 0.3 is 0 Å². The first-order valence-electron chi connectivity index (χ1n) is 14.5. The normalized spacial score (nSPS) is 15.0. The fourth-order valence-electron chi connectivity index (χ4n) is 7.49. The summed E-state index contributed by atoms with van der Waals surface area (Å²) in [5, 5.41) is 3.57. The van der Waals surface area contributed by atoms with Crippen LogP contribution < -0.4 is 5.32 Å². The first kappa shape index (κ1) is 24.0. The van der Waals surface area contributed by atoms with Crippen LogP contribution in [0.25, 0.3) is 22.3 Å². The Labute approximate surface area is 242 Å². The van der Waals surface area contributed by atoms with Gasteiger partial charge in [-0.05, 0) is 86.0 Å². The minimum atomic E-state index is -0.343. The molecule has 6 aromatic carbocycles. The third-order valence-corrected chi connectivity index (χ3v) is 9.31. The fourth-order valence-corrected chi connectivity index (χ4v) is 7.49. The van der Waals surface area contributed by atoms with Gasteiger partial charge in [-0.1, -0.05) is 129 Å². The van der Waals surface area contributed by atoms with Gasteiger partial charge in [0, 0.05) is 16.8 Å². The molecule has 1 heteroatoms. The zero-order valence-corrected chi connectivity index (χ0v) is 23.4. The van der Waals surface area contributed by atoms with Gasteiger partial charge in [0.15, 0.2) is 0 Å². The molecule has 6 aromatic rings. The molecule has 1 spiro atoms. The molecule has 0 bridgehead atoms. The second-order valence-electron chi connectivity index (χ2n) is 11.8. The molecule has 0 aromatic heterocycles. The number of hydrogen-bond donors (Lipinski definition) is 1. The van der Waals surface area contributed by atoms with Crippen LogP contribution in [0.3, 0.4) is 0 Å². The Kier molecular flexibility index (Phi) is 5.15. The van der Waals surface area contributed by atoms with Crippen LogP contribution in [0.15, 0.2) is 146 Å². The van der Waals surface area contributed by atoms with Crippen LogP contribution in [0.4, 0.5) is 11.4 Å². The summed E-state index contributed by atoms with van der Waals surface area (Å²) in [4.78, 5) is 0. The van der Waals surface area contributed by atoms with E-state index in [1.165, 1.54) is 55.6 Å². The van der Waals surface area contributed by atoms with Crippen molar-refractivity contribution in [2.75, 3.05) is 5.32 Å². The Morgan fingerprint density at radius 3 is 1.63 bits per heavy atom. The van der Waals surface area contributed by atoms with Gasteiger partial charge in [-0.2, -0.15) is 0 Å². The molecule has 0 heterocycles. The Morgan fingerprint density at radius 2 is 0.927 bits per heavy atom. The molecule has 0 aliphatic heterocycles. The molecule has 0 saturated heterocycles. The Morgan fingerprint density at radius 1 is 0.390 bits per heavy atom. The Bertz CT molecular complexity index is 1900. The number of anilines is 2. The maximum atomic E-state index is 3.57. The predicted molar refractivity (Wildman–Crippen MR) is 171 cm³/mol. The van der Waals surface area contributed by atoms with Crippen molar-refractivity contribution in [3.8, 4) is 22.3 Å². The van der Waals surface area contributed by atoms with Gasteiger partial charge < -0.3 is 5.32 Å². The summed E-state index contributed by atoms with van der Waals surface area (Å²) in [5.41, 5.74) is 15.2. The monoisotopic (exact) mass is 525 g/mol. The molecule has 1 N–H and O–H groups in total. The van der Waals surface area contributed by atoms with Gasteiger partial charge in [0.05, 0.1) is 5.41 Å². The molecule has 0 atom stereocenters. The highest BCUT2D eigenvalue weighted by Crippen LogP contribution is 2.62. The molecule has 0 saturated carbocycles. The molecule has 196 valence electrons. The zero-order chi connectivity index (χ0) is 27.6. The fraction of sp³-hybridized carbons (Fsp3) is 0.100. The van der Waals surface area contributed by atoms with Crippen LogP contribution in [-0.2, 0) is 10.8 Å². The summed E-state index contributed by atoms with van der Waals surface area (Å²) in [6, 6.07) is 53.5. The lowest BCUT2D eigenvalue weighted by Crippen LogP contribution is -2.40. The molecular weight excluding hydrogens is 494 g/mol. The molecular formula is C40H31N. The van der Waals surface area contributed by atoms with E-state index in [9.17, 15) is 0 Å². The molecule has 2 aliphatic carbocycles. The van der Waals surface area contributed by atoms with E-state index in [1.54, 1.807) is 0 Å². The van der Waals surface area contributed by atoms with Crippen molar-refractivity contribution < 1.29 is 0 Å². The van der Waals surface area contributed by atoms with Gasteiger partial charge in [0.25, 0.3) is 0 Å². The molecule has 1 nitrogen and oxygen atoms in total. The van der Waals surface area contributed by atoms with Crippen molar-refractivity contribution in [1.82, 2.24) is 0 Å². The summed E-state index contributed by atoms with van der Waals surface area (Å²) in [6.45, 7) is 4.78. The van der Waals surface area contributed by atoms with Gasteiger partial charge in [-0.25, -0.2) is 0 Å². The number of benzene rings is 6. The van der Waals surface area contributed by atoms with Gasteiger partial charge in [0.2, 0.25) is 0 Å². The number of fused-ring (bicyclic) bond motifs is 9. The van der Waals surface area contributed by atoms with E-state index in [0.717, 1.165) is 11.4 Å². The van der Waals surface area contributed by atoms with Crippen LogP contribution in [0.2, 0.25) is 0 Å². The summed E-state index contributed by atoms with van der Waals surface area (Å²) < 4.78 is 0. The lowest BCUT2D eigenvalue weighted by Gasteiger charge is -2.46. The van der Waals surface area contributed by atoms with E-state index in [4.69, 9.17) is 0 Å². The van der Waals surface area contributed by atoms with Gasteiger partial charge in [-0.15, -0.1) is 0 Å². The predicted octanol–water partition coefficient (Wildman–Crippen LogP) is 10.1. The topological polar surface area (TPSA) is 12.0 Å². The Balaban J connectivity index is 1.37. The van der Waals surface area contributed by atoms with Crippen molar-refractivity contribution in [3.63, 3.8) is 0 Å². The molecule has 0 radical (unpaired) electrons. The first-order chi connectivity index (χ1) is 20.1. The van der Waals surface area contributed by atoms with E-state index in [2.05, 4.69) is 159 Å². The highest BCUT2D eigenvalue weighted by Gasteiger charge is 2.53. The van der Waals surface area contributed by atoms with E-state index >= 15 is 0 Å². The van der Waals surface area contributed by atoms with Crippen LogP contribution in [-0.4, -0.2) is 0 Å². The van der Waals surface area contributed by atoms with Crippen LogP contribution >= 0.6 is 0 Å². The summed E-state index contributed by atoms with van der Waals surface area (Å²) in [7, 11) is 0. The average molecular weight is 526 g/mol. The number of para-hydroxylation sites is 1. The third-order valence-electron chi connectivity index (χ3n) is 9.31. The molecule has 0 fully saturated rings. The lowest BCUT2D eigenvalue weighted by atomic mass is 9.55. The third kappa shape index (κ3) is 3.36. The number of rotatable bonds is 3. The minimum Gasteiger partial charge on any atom is -0.356 e. The number of hydrogen-bond acceptors (Lipinski definition) is 1. The van der Waals surface area contributed by atoms with Crippen molar-refractivity contribution in [2.24, 2.45) is 0 Å². The summed E-state index contributed by atoms with van der Waals surface area (Å²) in [6.07, 6.45) is 0.